The highest BCUT2D eigenvalue weighted by molar-refractivity contribution is 5.96. The highest BCUT2D eigenvalue weighted by Crippen LogP contribution is 2.14. The Hall–Kier alpha value is -12.7. The molecule has 16 N–H and O–H groups in total. The van der Waals surface area contributed by atoms with E-state index in [-0.39, 0.29) is 50.2 Å². The van der Waals surface area contributed by atoms with E-state index in [0.717, 1.165) is 49.3 Å². The minimum atomic E-state index is -0.762. The van der Waals surface area contributed by atoms with E-state index in [2.05, 4.69) is 62.6 Å². The predicted octanol–water partition coefficient (Wildman–Crippen LogP) is 5.56. The molecule has 0 saturated heterocycles. The summed E-state index contributed by atoms with van der Waals surface area (Å²) in [6.07, 6.45) is 6.39. The summed E-state index contributed by atoms with van der Waals surface area (Å²) < 4.78 is 5.81. The number of nitrogens with zero attached hydrogens (tertiary/aromatic N) is 7. The number of anilines is 5. The number of amides is 10. The van der Waals surface area contributed by atoms with E-state index < -0.39 is 36.1 Å². The fraction of sp³-hybridized carbons (Fsp3) is 0.206. The van der Waals surface area contributed by atoms with Gasteiger partial charge >= 0.3 is 30.1 Å². The molecule has 9 aromatic rings. The molecule has 0 aliphatic rings. The number of pyridine rings is 3. The maximum Gasteiger partial charge on any atom is 0.334 e. The molecular weight excluding hydrogens is 1240 g/mol. The summed E-state index contributed by atoms with van der Waals surface area (Å²) in [4.78, 5) is 119. The number of para-hydroxylation sites is 1. The molecule has 506 valence electrons. The van der Waals surface area contributed by atoms with Gasteiger partial charge in [-0.15, -0.1) is 0 Å². The van der Waals surface area contributed by atoms with Gasteiger partial charge in [-0.05, 0) is 102 Å². The van der Waals surface area contributed by atoms with E-state index in [1.165, 1.54) is 23.4 Å². The maximum absolute atomic E-state index is 12.2. The zero-order chi connectivity index (χ0) is 69.9. The fourth-order valence-electron chi connectivity index (χ4n) is 8.30. The number of hydrogen-bond acceptors (Lipinski definition) is 18. The van der Waals surface area contributed by atoms with Crippen LogP contribution in [0, 0.1) is 6.92 Å². The number of rotatable bonds is 22. The van der Waals surface area contributed by atoms with Crippen LogP contribution in [-0.2, 0) is 63.2 Å². The second-order valence-corrected chi connectivity index (χ2v) is 21.0. The number of nitrogens with two attached hydrogens (primary N) is 4. The Balaban J connectivity index is 0.000000204. The molecular formula is C68H79N19O10. The Kier molecular flexibility index (Phi) is 29.5. The van der Waals surface area contributed by atoms with Crippen LogP contribution in [0.1, 0.15) is 45.9 Å². The zero-order valence-electron chi connectivity index (χ0n) is 53.9. The summed E-state index contributed by atoms with van der Waals surface area (Å²) in [6.45, 7) is 5.40. The number of ether oxygens (including phenoxy) is 1. The van der Waals surface area contributed by atoms with E-state index in [9.17, 15) is 38.4 Å². The van der Waals surface area contributed by atoms with Crippen LogP contribution in [0.25, 0.3) is 10.9 Å². The van der Waals surface area contributed by atoms with Gasteiger partial charge in [0.1, 0.15) is 43.0 Å². The highest BCUT2D eigenvalue weighted by Gasteiger charge is 2.22. The van der Waals surface area contributed by atoms with Crippen molar-refractivity contribution < 1.29 is 43.1 Å². The number of nitrogens with one attached hydrogen (secondary N) is 8. The normalized spacial score (nSPS) is 10.5. The van der Waals surface area contributed by atoms with Crippen molar-refractivity contribution in [2.45, 2.75) is 59.1 Å². The summed E-state index contributed by atoms with van der Waals surface area (Å²) in [5.41, 5.74) is 32.6. The maximum atomic E-state index is 12.2. The Morgan fingerprint density at radius 2 is 0.990 bits per heavy atom. The number of benzene rings is 5. The van der Waals surface area contributed by atoms with Crippen molar-refractivity contribution in [1.29, 1.82) is 0 Å². The molecule has 0 bridgehead atoms. The van der Waals surface area contributed by atoms with Crippen LogP contribution in [0.5, 0.6) is 0 Å². The lowest BCUT2D eigenvalue weighted by Gasteiger charge is -2.20. The van der Waals surface area contributed by atoms with Crippen LogP contribution in [0.4, 0.5) is 48.0 Å². The third-order valence-corrected chi connectivity index (χ3v) is 13.7. The summed E-state index contributed by atoms with van der Waals surface area (Å²) in [6, 6.07) is 48.3. The van der Waals surface area contributed by atoms with Crippen molar-refractivity contribution in [3.63, 3.8) is 0 Å². The molecule has 0 aliphatic carbocycles. The Bertz CT molecular complexity index is 4030. The van der Waals surface area contributed by atoms with Crippen LogP contribution in [0.15, 0.2) is 200 Å². The number of methoxy groups -OCH3 is 1. The molecule has 0 fully saturated rings. The number of esters is 1. The second kappa shape index (κ2) is 39.0. The molecule has 29 nitrogen and oxygen atoms in total. The molecule has 1 atom stereocenters. The standard InChI is InChI=1S/C18H23N5O3.C17H21N5O2.C17H20N4O3.C16H15N5O2/c1-2-23(26-13-14-6-4-3-5-7-14)17(24)12-22-18(25)21-11-15-8-9-16(19)20-10-15;1-12-3-6-14(7-4-12)22(2)16(23)11-21-17(24)20-10-13-5-8-15(18)19-9-13;1-24-16(22)14(9-12-5-3-2-4-6-12)21-17(23)20-11-13-7-8-15(18)19-10-13;17-12-7-5-11(6-8-12)9-18-16(23)20-21-10-19-14-4-2-1-3-13(14)15(21)22/h3-10H,2,11-13H2,1H3,(H2,19,20)(H2,21,22,25);3-9H,10-11H2,1-2H3,(H2,18,19)(H2,20,21,24);2-8,10,14H,9,11H2,1H3,(H2,18,19)(H2,20,21,23);1-8,10H,9,17H2,(H2,18,20,23)/t;;14-;/m..0./s1. The predicted molar refractivity (Wildman–Crippen MR) is 369 cm³/mol. The van der Waals surface area contributed by atoms with E-state index in [4.69, 9.17) is 32.5 Å². The number of aryl methyl sites for hydroxylation is 1. The van der Waals surface area contributed by atoms with Gasteiger partial charge in [-0.2, -0.15) is 0 Å². The number of hydroxylamine groups is 2. The van der Waals surface area contributed by atoms with Gasteiger partial charge in [0.05, 0.1) is 24.6 Å². The van der Waals surface area contributed by atoms with Crippen molar-refractivity contribution in [3.05, 3.63) is 244 Å². The van der Waals surface area contributed by atoms with E-state index in [0.29, 0.717) is 60.1 Å². The molecule has 4 heterocycles. The number of carbonyl (C=O) groups excluding carboxylic acids is 7. The molecule has 0 aliphatic heterocycles. The average Bonchev–Trinajstić information content (AvgIpc) is 0.830. The fourth-order valence-corrected chi connectivity index (χ4v) is 8.30. The number of nitrogen functional groups attached to an aromatic ring is 4. The lowest BCUT2D eigenvalue weighted by atomic mass is 10.1. The Morgan fingerprint density at radius 3 is 1.51 bits per heavy atom. The smallest absolute Gasteiger partial charge is 0.334 e. The molecule has 0 spiro atoms. The summed E-state index contributed by atoms with van der Waals surface area (Å²) in [7, 11) is 2.96. The van der Waals surface area contributed by atoms with Crippen LogP contribution in [-0.4, -0.2) is 111 Å². The van der Waals surface area contributed by atoms with Crippen molar-refractivity contribution in [1.82, 2.24) is 66.9 Å². The Labute approximate surface area is 559 Å². The quantitative estimate of drug-likeness (QED) is 0.0224. The minimum absolute atomic E-state index is 0.0871. The van der Waals surface area contributed by atoms with Crippen molar-refractivity contribution >= 4 is 81.6 Å². The third-order valence-electron chi connectivity index (χ3n) is 13.7. The number of aromatic nitrogens is 5. The number of urea groups is 4. The summed E-state index contributed by atoms with van der Waals surface area (Å²) in [5, 5.41) is 20.0. The summed E-state index contributed by atoms with van der Waals surface area (Å²) >= 11 is 0. The van der Waals surface area contributed by atoms with Gasteiger partial charge in [-0.1, -0.05) is 121 Å². The van der Waals surface area contributed by atoms with Crippen molar-refractivity contribution in [2.75, 3.05) is 67.1 Å². The van der Waals surface area contributed by atoms with Crippen LogP contribution >= 0.6 is 0 Å². The first-order valence-corrected chi connectivity index (χ1v) is 30.2. The monoisotopic (exact) mass is 1320 g/mol. The van der Waals surface area contributed by atoms with Gasteiger partial charge in [0.2, 0.25) is 5.91 Å². The SMILES string of the molecule is CCN(OCc1ccccc1)C(=O)CNC(=O)NCc1ccc(N)nc1.COC(=O)[C@H](Cc1ccccc1)NC(=O)NCc1ccc(N)nc1.Cc1ccc(N(C)C(=O)CNC(=O)NCc2ccc(N)nc2)cc1.Nc1ccc(CNC(=O)Nn2cnc3ccccc3c2=O)cc1. The lowest BCUT2D eigenvalue weighted by Crippen LogP contribution is -2.47. The van der Waals surface area contributed by atoms with Gasteiger partial charge in [-0.25, -0.2) is 59.1 Å². The number of likely N-dealkylation sites (N-methyl/N-ethyl adjacent to an activating group) is 2. The molecule has 97 heavy (non-hydrogen) atoms. The minimum Gasteiger partial charge on any atom is -0.467 e. The van der Waals surface area contributed by atoms with Crippen LogP contribution in [0.2, 0.25) is 0 Å². The largest absolute Gasteiger partial charge is 0.467 e. The van der Waals surface area contributed by atoms with Crippen molar-refractivity contribution in [2.24, 2.45) is 0 Å². The Morgan fingerprint density at radius 1 is 0.515 bits per heavy atom. The molecule has 29 heteroatoms. The zero-order valence-corrected chi connectivity index (χ0v) is 53.9. The van der Waals surface area contributed by atoms with Gasteiger partial charge in [0.15, 0.2) is 0 Å². The molecule has 10 amide bonds. The van der Waals surface area contributed by atoms with Gasteiger partial charge in [0, 0.05) is 76.2 Å². The second-order valence-electron chi connectivity index (χ2n) is 21.0. The topological polar surface area (TPSA) is 418 Å². The first kappa shape index (κ1) is 73.4. The van der Waals surface area contributed by atoms with E-state index >= 15 is 0 Å². The lowest BCUT2D eigenvalue weighted by molar-refractivity contribution is -0.189. The highest BCUT2D eigenvalue weighted by atomic mass is 16.7. The molecule has 5 aromatic carbocycles. The van der Waals surface area contributed by atoms with Crippen LogP contribution in [0.3, 0.4) is 0 Å². The molecule has 4 aromatic heterocycles. The molecule has 0 unspecified atom stereocenters. The number of hydrogen-bond donors (Lipinski definition) is 12. The first-order chi connectivity index (χ1) is 46.7. The first-order valence-electron chi connectivity index (χ1n) is 30.2. The van der Waals surface area contributed by atoms with E-state index in [1.807, 2.05) is 104 Å². The average molecular weight is 1320 g/mol. The van der Waals surface area contributed by atoms with Gasteiger partial charge in [0.25, 0.3) is 11.5 Å². The molecule has 0 radical (unpaired) electrons. The number of fused-ring (bicyclic) bond motifs is 1. The molecule has 0 saturated carbocycles. The number of carbonyl (C=O) groups is 7. The summed E-state index contributed by atoms with van der Waals surface area (Å²) in [5.74, 6) is 0.225. The van der Waals surface area contributed by atoms with Gasteiger partial charge in [-0.3, -0.25) is 19.2 Å². The van der Waals surface area contributed by atoms with Gasteiger partial charge < -0.3 is 69.8 Å². The van der Waals surface area contributed by atoms with E-state index in [1.54, 1.807) is 105 Å². The van der Waals surface area contributed by atoms with Crippen molar-refractivity contribution in [3.8, 4) is 0 Å². The van der Waals surface area contributed by atoms with Crippen LogP contribution < -0.4 is 76.0 Å². The molecule has 9 rings (SSSR count). The third kappa shape index (κ3) is 26.5.